The number of benzene rings is 1. The summed E-state index contributed by atoms with van der Waals surface area (Å²) in [5.74, 6) is 0. The maximum absolute atomic E-state index is 3.70. The number of hydrogen-bond donors (Lipinski definition) is 1. The van der Waals surface area contributed by atoms with Crippen LogP contribution in [0.15, 0.2) is 36.9 Å². The van der Waals surface area contributed by atoms with Gasteiger partial charge in [0.25, 0.3) is 0 Å². The van der Waals surface area contributed by atoms with E-state index in [1.54, 1.807) is 0 Å². The summed E-state index contributed by atoms with van der Waals surface area (Å²) in [7, 11) is 0. The van der Waals surface area contributed by atoms with Gasteiger partial charge in [0.1, 0.15) is 0 Å². The molecule has 1 N–H and O–H groups in total. The van der Waals surface area contributed by atoms with Crippen LogP contribution in [0.3, 0.4) is 0 Å². The van der Waals surface area contributed by atoms with E-state index in [4.69, 9.17) is 0 Å². The first kappa shape index (κ1) is 11.0. The fourth-order valence-corrected chi connectivity index (χ4v) is 1.46. The van der Waals surface area contributed by atoms with Crippen molar-refractivity contribution in [3.8, 4) is 0 Å². The third kappa shape index (κ3) is 3.35. The van der Waals surface area contributed by atoms with Crippen molar-refractivity contribution in [2.75, 3.05) is 6.54 Å². The molecule has 0 aliphatic rings. The Bertz CT molecular complexity index is 291. The molecule has 0 unspecified atom stereocenters. The summed E-state index contributed by atoms with van der Waals surface area (Å²) in [6, 6.07) is 9.05. The van der Waals surface area contributed by atoms with Gasteiger partial charge in [-0.2, -0.15) is 0 Å². The van der Waals surface area contributed by atoms with Crippen molar-refractivity contribution in [2.24, 2.45) is 0 Å². The van der Waals surface area contributed by atoms with Gasteiger partial charge in [-0.1, -0.05) is 35.9 Å². The molecule has 0 aromatic heterocycles. The molecule has 0 aliphatic heterocycles. The molecule has 1 rings (SSSR count). The van der Waals surface area contributed by atoms with Gasteiger partial charge in [0, 0.05) is 6.04 Å². The van der Waals surface area contributed by atoms with Crippen LogP contribution < -0.4 is 5.32 Å². The second kappa shape index (κ2) is 5.61. The predicted molar refractivity (Wildman–Crippen MR) is 62.4 cm³/mol. The zero-order valence-corrected chi connectivity index (χ0v) is 9.09. The molecule has 0 heterocycles. The molecule has 1 aromatic carbocycles. The molecule has 76 valence electrons. The minimum Gasteiger partial charge on any atom is -0.310 e. The molecule has 0 radical (unpaired) electrons. The average molecular weight is 189 g/mol. The molecule has 1 aromatic rings. The van der Waals surface area contributed by atoms with E-state index in [1.165, 1.54) is 11.1 Å². The van der Waals surface area contributed by atoms with E-state index in [-0.39, 0.29) is 0 Å². The van der Waals surface area contributed by atoms with E-state index in [1.807, 2.05) is 6.08 Å². The molecule has 14 heavy (non-hydrogen) atoms. The maximum Gasteiger partial charge on any atom is 0.0292 e. The van der Waals surface area contributed by atoms with Gasteiger partial charge in [-0.15, -0.1) is 6.58 Å². The molecule has 1 nitrogen and oxygen atoms in total. The lowest BCUT2D eigenvalue weighted by Crippen LogP contribution is -2.19. The Morgan fingerprint density at radius 3 is 2.93 bits per heavy atom. The highest BCUT2D eigenvalue weighted by Gasteiger charge is 2.02. The number of aryl methyl sites for hydroxylation is 1. The van der Waals surface area contributed by atoms with E-state index in [0.717, 1.165) is 13.0 Å². The smallest absolute Gasteiger partial charge is 0.0292 e. The van der Waals surface area contributed by atoms with Crippen LogP contribution in [0.1, 0.15) is 30.5 Å². The lowest BCUT2D eigenvalue weighted by Gasteiger charge is -2.13. The fourth-order valence-electron chi connectivity index (χ4n) is 1.46. The molecule has 0 saturated carbocycles. The Kier molecular flexibility index (Phi) is 4.41. The van der Waals surface area contributed by atoms with Gasteiger partial charge in [0.05, 0.1) is 0 Å². The van der Waals surface area contributed by atoms with Gasteiger partial charge in [-0.3, -0.25) is 0 Å². The molecule has 0 fully saturated rings. The van der Waals surface area contributed by atoms with Crippen molar-refractivity contribution in [1.82, 2.24) is 5.32 Å². The van der Waals surface area contributed by atoms with Crippen LogP contribution in [0.2, 0.25) is 0 Å². The van der Waals surface area contributed by atoms with Crippen molar-refractivity contribution in [2.45, 2.75) is 26.3 Å². The van der Waals surface area contributed by atoms with Gasteiger partial charge >= 0.3 is 0 Å². The predicted octanol–water partition coefficient (Wildman–Crippen LogP) is 3.22. The van der Waals surface area contributed by atoms with E-state index in [0.29, 0.717) is 6.04 Å². The van der Waals surface area contributed by atoms with Gasteiger partial charge in [-0.05, 0) is 32.4 Å². The van der Waals surface area contributed by atoms with E-state index in [2.05, 4.69) is 50.0 Å². The van der Waals surface area contributed by atoms with Crippen molar-refractivity contribution in [1.29, 1.82) is 0 Å². The van der Waals surface area contributed by atoms with Crippen LogP contribution >= 0.6 is 0 Å². The summed E-state index contributed by atoms with van der Waals surface area (Å²) < 4.78 is 0. The monoisotopic (exact) mass is 189 g/mol. The van der Waals surface area contributed by atoms with Gasteiger partial charge in [0.15, 0.2) is 0 Å². The minimum absolute atomic E-state index is 0.426. The zero-order chi connectivity index (χ0) is 10.4. The standard InChI is InChI=1S/C13H19N/c1-4-5-9-14-12(3)13-8-6-7-11(2)10-13/h4,6-8,10,12,14H,1,5,9H2,2-3H3/t12-/m1/s1. The molecule has 1 atom stereocenters. The SMILES string of the molecule is C=CCCN[C@H](C)c1cccc(C)c1. The van der Waals surface area contributed by atoms with Crippen molar-refractivity contribution < 1.29 is 0 Å². The topological polar surface area (TPSA) is 12.0 Å². The molecule has 0 amide bonds. The van der Waals surface area contributed by atoms with Crippen molar-refractivity contribution in [3.63, 3.8) is 0 Å². The highest BCUT2D eigenvalue weighted by molar-refractivity contribution is 5.24. The van der Waals surface area contributed by atoms with E-state index < -0.39 is 0 Å². The van der Waals surface area contributed by atoms with Crippen LogP contribution in [0.25, 0.3) is 0 Å². The second-order valence-corrected chi connectivity index (χ2v) is 3.67. The van der Waals surface area contributed by atoms with Gasteiger partial charge in [0.2, 0.25) is 0 Å². The number of nitrogens with one attached hydrogen (secondary N) is 1. The molecule has 1 heteroatoms. The fraction of sp³-hybridized carbons (Fsp3) is 0.385. The number of rotatable bonds is 5. The minimum atomic E-state index is 0.426. The largest absolute Gasteiger partial charge is 0.310 e. The lowest BCUT2D eigenvalue weighted by atomic mass is 10.1. The third-order valence-corrected chi connectivity index (χ3v) is 2.34. The zero-order valence-electron chi connectivity index (χ0n) is 9.09. The van der Waals surface area contributed by atoms with Gasteiger partial charge < -0.3 is 5.32 Å². The third-order valence-electron chi connectivity index (χ3n) is 2.34. The summed E-state index contributed by atoms with van der Waals surface area (Å²) in [5, 5.41) is 3.46. The second-order valence-electron chi connectivity index (χ2n) is 3.67. The average Bonchev–Trinajstić information content (AvgIpc) is 2.18. The summed E-state index contributed by atoms with van der Waals surface area (Å²) in [6.07, 6.45) is 2.96. The Labute approximate surface area is 86.8 Å². The lowest BCUT2D eigenvalue weighted by molar-refractivity contribution is 0.581. The van der Waals surface area contributed by atoms with Crippen LogP contribution in [0, 0.1) is 6.92 Å². The Morgan fingerprint density at radius 2 is 2.29 bits per heavy atom. The summed E-state index contributed by atoms with van der Waals surface area (Å²) >= 11 is 0. The van der Waals surface area contributed by atoms with Crippen LogP contribution in [-0.4, -0.2) is 6.54 Å². The van der Waals surface area contributed by atoms with Gasteiger partial charge in [-0.25, -0.2) is 0 Å². The maximum atomic E-state index is 3.70. The van der Waals surface area contributed by atoms with Crippen molar-refractivity contribution >= 4 is 0 Å². The summed E-state index contributed by atoms with van der Waals surface area (Å²) in [5.41, 5.74) is 2.67. The highest BCUT2D eigenvalue weighted by Crippen LogP contribution is 2.13. The van der Waals surface area contributed by atoms with E-state index >= 15 is 0 Å². The molecular formula is C13H19N. The first-order valence-corrected chi connectivity index (χ1v) is 5.15. The van der Waals surface area contributed by atoms with Crippen LogP contribution in [-0.2, 0) is 0 Å². The normalized spacial score (nSPS) is 12.4. The molecule has 0 bridgehead atoms. The highest BCUT2D eigenvalue weighted by atomic mass is 14.9. The summed E-state index contributed by atoms with van der Waals surface area (Å²) in [4.78, 5) is 0. The summed E-state index contributed by atoms with van der Waals surface area (Å²) in [6.45, 7) is 9.02. The Hall–Kier alpha value is -1.08. The Balaban J connectivity index is 2.51. The van der Waals surface area contributed by atoms with Crippen LogP contribution in [0.4, 0.5) is 0 Å². The van der Waals surface area contributed by atoms with Crippen LogP contribution in [0.5, 0.6) is 0 Å². The number of hydrogen-bond acceptors (Lipinski definition) is 1. The molecular weight excluding hydrogens is 170 g/mol. The first-order chi connectivity index (χ1) is 6.74. The first-order valence-electron chi connectivity index (χ1n) is 5.15. The Morgan fingerprint density at radius 1 is 1.50 bits per heavy atom. The molecule has 0 spiro atoms. The van der Waals surface area contributed by atoms with Crippen molar-refractivity contribution in [3.05, 3.63) is 48.0 Å². The molecule has 0 aliphatic carbocycles. The molecule has 0 saturated heterocycles. The quantitative estimate of drug-likeness (QED) is 0.554. The van der Waals surface area contributed by atoms with E-state index in [9.17, 15) is 0 Å².